The van der Waals surface area contributed by atoms with Crippen LogP contribution in [0.15, 0.2) is 18.2 Å². The Morgan fingerprint density at radius 3 is 2.93 bits per heavy atom. The normalized spacial score (nSPS) is 32.1. The summed E-state index contributed by atoms with van der Waals surface area (Å²) in [5.41, 5.74) is 2.56. The van der Waals surface area contributed by atoms with Crippen LogP contribution in [-0.4, -0.2) is 60.0 Å². The lowest BCUT2D eigenvalue weighted by molar-refractivity contribution is -0.136. The zero-order valence-corrected chi connectivity index (χ0v) is 14.9. The molecule has 0 radical (unpaired) electrons. The Labute approximate surface area is 156 Å². The van der Waals surface area contributed by atoms with E-state index in [-0.39, 0.29) is 36.3 Å². The molecule has 3 fully saturated rings. The zero-order chi connectivity index (χ0) is 18.5. The van der Waals surface area contributed by atoms with Crippen molar-refractivity contribution in [1.82, 2.24) is 20.9 Å². The highest BCUT2D eigenvalue weighted by Crippen LogP contribution is 2.32. The van der Waals surface area contributed by atoms with Crippen molar-refractivity contribution < 1.29 is 19.1 Å². The Balaban J connectivity index is 1.31. The average Bonchev–Trinajstić information content (AvgIpc) is 3.27. The highest BCUT2D eigenvalue weighted by Gasteiger charge is 2.52. The number of amides is 3. The summed E-state index contributed by atoms with van der Waals surface area (Å²) in [4.78, 5) is 38.2. The minimum absolute atomic E-state index is 0.125. The maximum Gasteiger partial charge on any atom is 0.255 e. The van der Waals surface area contributed by atoms with Crippen LogP contribution >= 0.6 is 0 Å². The second-order valence-corrected chi connectivity index (χ2v) is 7.57. The third kappa shape index (κ3) is 2.84. The van der Waals surface area contributed by atoms with E-state index in [0.29, 0.717) is 31.1 Å². The summed E-state index contributed by atoms with van der Waals surface area (Å²) in [6, 6.07) is 5.89. The summed E-state index contributed by atoms with van der Waals surface area (Å²) >= 11 is 0. The number of hydrogen-bond donors (Lipinski definition) is 3. The molecule has 8 nitrogen and oxygen atoms in total. The van der Waals surface area contributed by atoms with E-state index in [2.05, 4.69) is 16.0 Å². The van der Waals surface area contributed by atoms with Gasteiger partial charge in [0, 0.05) is 31.6 Å². The van der Waals surface area contributed by atoms with Crippen molar-refractivity contribution in [3.05, 3.63) is 34.9 Å². The Hall–Kier alpha value is -2.29. The highest BCUT2D eigenvalue weighted by molar-refractivity contribution is 6.05. The maximum atomic E-state index is 13.1. The second kappa shape index (κ2) is 6.40. The van der Waals surface area contributed by atoms with E-state index < -0.39 is 6.04 Å². The van der Waals surface area contributed by atoms with Crippen LogP contribution in [0.3, 0.4) is 0 Å². The van der Waals surface area contributed by atoms with Gasteiger partial charge in [0.25, 0.3) is 5.91 Å². The van der Waals surface area contributed by atoms with Gasteiger partial charge in [-0.1, -0.05) is 18.2 Å². The molecule has 4 aliphatic rings. The summed E-state index contributed by atoms with van der Waals surface area (Å²) in [6.07, 6.45) is 0.862. The lowest BCUT2D eigenvalue weighted by Gasteiger charge is -2.29. The third-order valence-electron chi connectivity index (χ3n) is 5.91. The number of nitrogens with one attached hydrogen (secondary N) is 3. The number of piperidine rings is 1. The van der Waals surface area contributed by atoms with Crippen molar-refractivity contribution in [3.63, 3.8) is 0 Å². The number of rotatable bonds is 4. The maximum absolute atomic E-state index is 13.1. The van der Waals surface area contributed by atoms with Gasteiger partial charge in [-0.05, 0) is 17.5 Å². The second-order valence-electron chi connectivity index (χ2n) is 7.57. The van der Waals surface area contributed by atoms with E-state index in [1.807, 2.05) is 18.2 Å². The van der Waals surface area contributed by atoms with E-state index in [0.717, 1.165) is 24.3 Å². The van der Waals surface area contributed by atoms with Crippen LogP contribution in [-0.2, 0) is 27.4 Å². The van der Waals surface area contributed by atoms with E-state index >= 15 is 0 Å². The van der Waals surface area contributed by atoms with Crippen LogP contribution in [0.2, 0.25) is 0 Å². The molecule has 2 saturated heterocycles. The molecule has 0 bridgehead atoms. The largest absolute Gasteiger partial charge is 0.374 e. The monoisotopic (exact) mass is 370 g/mol. The summed E-state index contributed by atoms with van der Waals surface area (Å²) < 4.78 is 5.71. The zero-order valence-electron chi connectivity index (χ0n) is 14.9. The van der Waals surface area contributed by atoms with Crippen LogP contribution in [0.5, 0.6) is 0 Å². The predicted octanol–water partition coefficient (Wildman–Crippen LogP) is -0.724. The van der Waals surface area contributed by atoms with Crippen LogP contribution in [0.25, 0.3) is 0 Å². The first-order chi connectivity index (χ1) is 13.1. The van der Waals surface area contributed by atoms with Crippen LogP contribution < -0.4 is 16.0 Å². The smallest absolute Gasteiger partial charge is 0.255 e. The molecule has 1 aromatic carbocycles. The Morgan fingerprint density at radius 2 is 2.15 bits per heavy atom. The van der Waals surface area contributed by atoms with Gasteiger partial charge < -0.3 is 20.3 Å². The molecule has 3 N–H and O–H groups in total. The molecule has 1 saturated carbocycles. The van der Waals surface area contributed by atoms with Gasteiger partial charge in [0.05, 0.1) is 24.8 Å². The molecule has 4 unspecified atom stereocenters. The Kier molecular flexibility index (Phi) is 3.99. The number of carbonyl (C=O) groups excluding carboxylic acids is 3. The highest BCUT2D eigenvalue weighted by atomic mass is 16.5. The van der Waals surface area contributed by atoms with Gasteiger partial charge in [-0.25, -0.2) is 0 Å². The first kappa shape index (κ1) is 16.9. The quantitative estimate of drug-likeness (QED) is 0.605. The molecule has 3 aliphatic heterocycles. The molecule has 4 atom stereocenters. The first-order valence-corrected chi connectivity index (χ1v) is 9.47. The van der Waals surface area contributed by atoms with Gasteiger partial charge in [0.2, 0.25) is 11.8 Å². The lowest BCUT2D eigenvalue weighted by atomic mass is 10.0. The van der Waals surface area contributed by atoms with Gasteiger partial charge in [-0.2, -0.15) is 0 Å². The molecule has 142 valence electrons. The number of nitrogens with zero attached hydrogens (tertiary/aromatic N) is 1. The van der Waals surface area contributed by atoms with Crippen LogP contribution in [0.1, 0.15) is 34.3 Å². The molecule has 1 aliphatic carbocycles. The van der Waals surface area contributed by atoms with E-state index in [4.69, 9.17) is 4.74 Å². The minimum atomic E-state index is -0.577. The fourth-order valence-corrected chi connectivity index (χ4v) is 4.46. The Bertz CT molecular complexity index is 814. The number of fused-ring (bicyclic) bond motifs is 2. The van der Waals surface area contributed by atoms with Crippen LogP contribution in [0, 0.1) is 0 Å². The topological polar surface area (TPSA) is 99.8 Å². The van der Waals surface area contributed by atoms with Gasteiger partial charge in [0.15, 0.2) is 0 Å². The van der Waals surface area contributed by atoms with Crippen molar-refractivity contribution in [2.45, 2.75) is 50.2 Å². The molecule has 5 rings (SSSR count). The molecule has 1 aromatic rings. The number of hydrogen-bond acceptors (Lipinski definition) is 6. The molecule has 0 spiro atoms. The average molecular weight is 370 g/mol. The predicted molar refractivity (Wildman–Crippen MR) is 94.6 cm³/mol. The lowest BCUT2D eigenvalue weighted by Crippen LogP contribution is -2.52. The molecule has 8 heteroatoms. The van der Waals surface area contributed by atoms with E-state index in [9.17, 15) is 14.4 Å². The number of imide groups is 1. The first-order valence-electron chi connectivity index (χ1n) is 9.47. The molecule has 3 amide bonds. The van der Waals surface area contributed by atoms with Gasteiger partial charge in [-0.3, -0.25) is 19.7 Å². The fraction of sp³-hybridized carbons (Fsp3) is 0.526. The van der Waals surface area contributed by atoms with Crippen molar-refractivity contribution in [2.24, 2.45) is 0 Å². The van der Waals surface area contributed by atoms with E-state index in [1.165, 1.54) is 0 Å². The summed E-state index contributed by atoms with van der Waals surface area (Å²) in [7, 11) is 0. The van der Waals surface area contributed by atoms with Crippen molar-refractivity contribution in [2.75, 3.05) is 13.2 Å². The van der Waals surface area contributed by atoms with Gasteiger partial charge >= 0.3 is 0 Å². The van der Waals surface area contributed by atoms with E-state index in [1.54, 1.807) is 4.90 Å². The SMILES string of the molecule is O=C1CCC(N2Cc3cccc(CNC4C5NCCOC54)c3C2=O)C(=O)N1. The number of ether oxygens (including phenoxy) is 1. The fourth-order valence-electron chi connectivity index (χ4n) is 4.46. The summed E-state index contributed by atoms with van der Waals surface area (Å²) in [5, 5.41) is 9.26. The molecule has 3 heterocycles. The Morgan fingerprint density at radius 1 is 1.26 bits per heavy atom. The molecular formula is C19H22N4O4. The summed E-state index contributed by atoms with van der Waals surface area (Å²) in [5.74, 6) is -0.774. The van der Waals surface area contributed by atoms with Gasteiger partial charge in [-0.15, -0.1) is 0 Å². The van der Waals surface area contributed by atoms with Gasteiger partial charge in [0.1, 0.15) is 6.04 Å². The number of morpholine rings is 1. The molecule has 0 aromatic heterocycles. The number of benzene rings is 1. The minimum Gasteiger partial charge on any atom is -0.374 e. The number of carbonyl (C=O) groups is 3. The molecular weight excluding hydrogens is 348 g/mol. The van der Waals surface area contributed by atoms with Crippen LogP contribution in [0.4, 0.5) is 0 Å². The van der Waals surface area contributed by atoms with Crippen molar-refractivity contribution in [3.8, 4) is 0 Å². The van der Waals surface area contributed by atoms with Crippen molar-refractivity contribution >= 4 is 17.7 Å². The molecule has 27 heavy (non-hydrogen) atoms. The third-order valence-corrected chi connectivity index (χ3v) is 5.91. The standard InChI is InChI=1S/C19H22N4O4/c24-13-5-4-12(18(25)22-13)23-9-11-3-1-2-10(14(11)19(23)26)8-21-16-15-17(16)27-7-6-20-15/h1-3,12,15-17,20-21H,4-9H2,(H,22,24,25). The van der Waals surface area contributed by atoms with Crippen molar-refractivity contribution in [1.29, 1.82) is 0 Å². The summed E-state index contributed by atoms with van der Waals surface area (Å²) in [6.45, 7) is 2.60.